The highest BCUT2D eigenvalue weighted by Gasteiger charge is 2.17. The molecule has 84 valence electrons. The molecule has 2 nitrogen and oxygen atoms in total. The molecule has 0 aliphatic heterocycles. The van der Waals surface area contributed by atoms with E-state index in [0.29, 0.717) is 13.0 Å². The van der Waals surface area contributed by atoms with E-state index in [9.17, 15) is 4.39 Å². The minimum absolute atomic E-state index is 0.110. The second kappa shape index (κ2) is 5.71. The van der Waals surface area contributed by atoms with Crippen LogP contribution in [0.15, 0.2) is 24.3 Å². The fourth-order valence-electron chi connectivity index (χ4n) is 1.69. The van der Waals surface area contributed by atoms with Gasteiger partial charge in [0.05, 0.1) is 7.11 Å². The minimum atomic E-state index is -0.873. The number of rotatable bonds is 5. The molecule has 0 amide bonds. The standard InChI is InChI=1S/C12H18FNO/c1-9(13)12(7-8-14)10-3-5-11(15-2)6-4-10/h3-6,9,12H,7-8,14H2,1-2H3. The van der Waals surface area contributed by atoms with E-state index in [4.69, 9.17) is 10.5 Å². The average Bonchev–Trinajstić information content (AvgIpc) is 2.26. The van der Waals surface area contributed by atoms with Gasteiger partial charge >= 0.3 is 0 Å². The van der Waals surface area contributed by atoms with Crippen LogP contribution in [-0.4, -0.2) is 19.8 Å². The molecule has 1 aromatic rings. The summed E-state index contributed by atoms with van der Waals surface area (Å²) in [7, 11) is 1.62. The van der Waals surface area contributed by atoms with Gasteiger partial charge in [-0.1, -0.05) is 12.1 Å². The third-order valence-electron chi connectivity index (χ3n) is 2.58. The first-order chi connectivity index (χ1) is 7.19. The van der Waals surface area contributed by atoms with E-state index in [0.717, 1.165) is 11.3 Å². The molecule has 0 saturated heterocycles. The molecule has 2 atom stereocenters. The lowest BCUT2D eigenvalue weighted by atomic mass is 9.92. The van der Waals surface area contributed by atoms with Crippen LogP contribution < -0.4 is 10.5 Å². The highest BCUT2D eigenvalue weighted by atomic mass is 19.1. The Labute approximate surface area is 90.2 Å². The van der Waals surface area contributed by atoms with Crippen molar-refractivity contribution in [1.29, 1.82) is 0 Å². The van der Waals surface area contributed by atoms with Gasteiger partial charge in [0, 0.05) is 5.92 Å². The van der Waals surface area contributed by atoms with Gasteiger partial charge in [0.1, 0.15) is 11.9 Å². The van der Waals surface area contributed by atoms with Crippen molar-refractivity contribution in [3.8, 4) is 5.75 Å². The van der Waals surface area contributed by atoms with E-state index in [1.165, 1.54) is 0 Å². The Balaban J connectivity index is 2.81. The Hall–Kier alpha value is -1.09. The number of hydrogen-bond donors (Lipinski definition) is 1. The lowest BCUT2D eigenvalue weighted by Crippen LogP contribution is -2.15. The summed E-state index contributed by atoms with van der Waals surface area (Å²) in [6.07, 6.45) is -0.203. The largest absolute Gasteiger partial charge is 0.497 e. The topological polar surface area (TPSA) is 35.2 Å². The summed E-state index contributed by atoms with van der Waals surface area (Å²) >= 11 is 0. The molecule has 0 aliphatic carbocycles. The summed E-state index contributed by atoms with van der Waals surface area (Å²) in [6.45, 7) is 2.08. The molecule has 3 heteroatoms. The SMILES string of the molecule is COc1ccc(C(CCN)C(C)F)cc1. The van der Waals surface area contributed by atoms with Crippen LogP contribution in [0.25, 0.3) is 0 Å². The van der Waals surface area contributed by atoms with Gasteiger partial charge in [-0.25, -0.2) is 4.39 Å². The third kappa shape index (κ3) is 3.20. The van der Waals surface area contributed by atoms with E-state index in [-0.39, 0.29) is 5.92 Å². The summed E-state index contributed by atoms with van der Waals surface area (Å²) in [5, 5.41) is 0. The Bertz CT molecular complexity index is 284. The molecular formula is C12H18FNO. The fraction of sp³-hybridized carbons (Fsp3) is 0.500. The number of alkyl halides is 1. The van der Waals surface area contributed by atoms with Crippen LogP contribution in [0, 0.1) is 0 Å². The van der Waals surface area contributed by atoms with Gasteiger partial charge in [-0.15, -0.1) is 0 Å². The lowest BCUT2D eigenvalue weighted by Gasteiger charge is -2.18. The highest BCUT2D eigenvalue weighted by molar-refractivity contribution is 5.29. The molecule has 15 heavy (non-hydrogen) atoms. The van der Waals surface area contributed by atoms with Gasteiger partial charge < -0.3 is 10.5 Å². The molecular weight excluding hydrogens is 193 g/mol. The van der Waals surface area contributed by atoms with Crippen LogP contribution in [0.4, 0.5) is 4.39 Å². The molecule has 0 aromatic heterocycles. The number of hydrogen-bond acceptors (Lipinski definition) is 2. The van der Waals surface area contributed by atoms with Gasteiger partial charge in [-0.3, -0.25) is 0 Å². The number of ether oxygens (including phenoxy) is 1. The molecule has 2 N–H and O–H groups in total. The Morgan fingerprint density at radius 3 is 2.33 bits per heavy atom. The van der Waals surface area contributed by atoms with E-state index < -0.39 is 6.17 Å². The highest BCUT2D eigenvalue weighted by Crippen LogP contribution is 2.26. The zero-order valence-corrected chi connectivity index (χ0v) is 9.24. The molecule has 0 bridgehead atoms. The second-order valence-electron chi connectivity index (χ2n) is 3.63. The van der Waals surface area contributed by atoms with Gasteiger partial charge in [0.2, 0.25) is 0 Å². The van der Waals surface area contributed by atoms with Crippen molar-refractivity contribution in [3.05, 3.63) is 29.8 Å². The molecule has 0 heterocycles. The van der Waals surface area contributed by atoms with Crippen molar-refractivity contribution in [2.45, 2.75) is 25.4 Å². The molecule has 1 rings (SSSR count). The van der Waals surface area contributed by atoms with Crippen LogP contribution in [0.2, 0.25) is 0 Å². The Morgan fingerprint density at radius 2 is 1.93 bits per heavy atom. The first-order valence-electron chi connectivity index (χ1n) is 5.17. The van der Waals surface area contributed by atoms with E-state index in [1.54, 1.807) is 14.0 Å². The van der Waals surface area contributed by atoms with Crippen LogP contribution in [0.3, 0.4) is 0 Å². The van der Waals surface area contributed by atoms with Gasteiger partial charge in [-0.05, 0) is 37.6 Å². The third-order valence-corrected chi connectivity index (χ3v) is 2.58. The molecule has 0 radical (unpaired) electrons. The zero-order chi connectivity index (χ0) is 11.3. The average molecular weight is 211 g/mol. The van der Waals surface area contributed by atoms with E-state index >= 15 is 0 Å². The monoisotopic (exact) mass is 211 g/mol. The molecule has 0 saturated carbocycles. The second-order valence-corrected chi connectivity index (χ2v) is 3.63. The lowest BCUT2D eigenvalue weighted by molar-refractivity contribution is 0.296. The molecule has 0 fully saturated rings. The molecule has 2 unspecified atom stereocenters. The predicted octanol–water partition coefficient (Wildman–Crippen LogP) is 2.49. The van der Waals surface area contributed by atoms with Crippen molar-refractivity contribution in [2.24, 2.45) is 5.73 Å². The van der Waals surface area contributed by atoms with Crippen molar-refractivity contribution >= 4 is 0 Å². The number of nitrogens with two attached hydrogens (primary N) is 1. The summed E-state index contributed by atoms with van der Waals surface area (Å²) < 4.78 is 18.4. The summed E-state index contributed by atoms with van der Waals surface area (Å²) in [5.74, 6) is 0.678. The maximum atomic E-state index is 13.3. The van der Waals surface area contributed by atoms with Crippen molar-refractivity contribution in [2.75, 3.05) is 13.7 Å². The van der Waals surface area contributed by atoms with Crippen LogP contribution >= 0.6 is 0 Å². The van der Waals surface area contributed by atoms with Crippen LogP contribution in [-0.2, 0) is 0 Å². The normalized spacial score (nSPS) is 14.7. The minimum Gasteiger partial charge on any atom is -0.497 e. The predicted molar refractivity (Wildman–Crippen MR) is 60.0 cm³/mol. The Kier molecular flexibility index (Phi) is 4.56. The maximum Gasteiger partial charge on any atom is 0.118 e. The zero-order valence-electron chi connectivity index (χ0n) is 9.24. The summed E-state index contributed by atoms with van der Waals surface area (Å²) in [4.78, 5) is 0. The van der Waals surface area contributed by atoms with Crippen molar-refractivity contribution in [1.82, 2.24) is 0 Å². The fourth-order valence-corrected chi connectivity index (χ4v) is 1.69. The molecule has 1 aromatic carbocycles. The van der Waals surface area contributed by atoms with Gasteiger partial charge in [0.15, 0.2) is 0 Å². The van der Waals surface area contributed by atoms with Gasteiger partial charge in [0.25, 0.3) is 0 Å². The Morgan fingerprint density at radius 1 is 1.33 bits per heavy atom. The van der Waals surface area contributed by atoms with E-state index in [2.05, 4.69) is 0 Å². The summed E-state index contributed by atoms with van der Waals surface area (Å²) in [5.41, 5.74) is 6.45. The first-order valence-corrected chi connectivity index (χ1v) is 5.17. The maximum absolute atomic E-state index is 13.3. The quantitative estimate of drug-likeness (QED) is 0.812. The van der Waals surface area contributed by atoms with Crippen LogP contribution in [0.5, 0.6) is 5.75 Å². The number of methoxy groups -OCH3 is 1. The first kappa shape index (κ1) is 12.0. The van der Waals surface area contributed by atoms with Gasteiger partial charge in [-0.2, -0.15) is 0 Å². The molecule has 0 aliphatic rings. The molecule has 0 spiro atoms. The van der Waals surface area contributed by atoms with Crippen LogP contribution in [0.1, 0.15) is 24.8 Å². The summed E-state index contributed by atoms with van der Waals surface area (Å²) in [6, 6.07) is 7.49. The van der Waals surface area contributed by atoms with Crippen molar-refractivity contribution in [3.63, 3.8) is 0 Å². The van der Waals surface area contributed by atoms with Crippen molar-refractivity contribution < 1.29 is 9.13 Å². The number of halogens is 1. The smallest absolute Gasteiger partial charge is 0.118 e. The van der Waals surface area contributed by atoms with E-state index in [1.807, 2.05) is 24.3 Å². The number of benzene rings is 1.